The predicted octanol–water partition coefficient (Wildman–Crippen LogP) is 5.13. The predicted molar refractivity (Wildman–Crippen MR) is 131 cm³/mol. The third-order valence-electron chi connectivity index (χ3n) is 5.64. The molecular formula is C25H20ClN7O. The minimum atomic E-state index is -0.236. The molecule has 168 valence electrons. The number of pyridine rings is 1. The second-order valence-corrected chi connectivity index (χ2v) is 8.23. The third-order valence-corrected chi connectivity index (χ3v) is 5.96. The van der Waals surface area contributed by atoms with E-state index >= 15 is 0 Å². The summed E-state index contributed by atoms with van der Waals surface area (Å²) in [7, 11) is 1.65. The number of aromatic nitrogens is 5. The van der Waals surface area contributed by atoms with Gasteiger partial charge in [-0.2, -0.15) is 5.26 Å². The molecule has 0 bridgehead atoms. The van der Waals surface area contributed by atoms with Crippen LogP contribution in [0.15, 0.2) is 61.2 Å². The number of fused-ring (bicyclic) bond motifs is 2. The van der Waals surface area contributed by atoms with Gasteiger partial charge in [0.05, 0.1) is 36.7 Å². The molecule has 0 fully saturated rings. The quantitative estimate of drug-likeness (QED) is 0.367. The molecule has 0 saturated heterocycles. The molecule has 0 aliphatic heterocycles. The molecule has 0 aliphatic carbocycles. The molecule has 1 atom stereocenters. The number of anilines is 1. The van der Waals surface area contributed by atoms with Crippen molar-refractivity contribution in [1.82, 2.24) is 24.5 Å². The average molecular weight is 470 g/mol. The number of methoxy groups -OCH3 is 1. The highest BCUT2D eigenvalue weighted by molar-refractivity contribution is 6.35. The lowest BCUT2D eigenvalue weighted by Gasteiger charge is -2.16. The first kappa shape index (κ1) is 21.6. The number of hydrogen-bond acceptors (Lipinski definition) is 7. The summed E-state index contributed by atoms with van der Waals surface area (Å²) in [5.41, 5.74) is 3.48. The van der Waals surface area contributed by atoms with Gasteiger partial charge in [-0.25, -0.2) is 19.9 Å². The topological polar surface area (TPSA) is 102 Å². The number of nitrogens with one attached hydrogen (secondary N) is 1. The van der Waals surface area contributed by atoms with Crippen molar-refractivity contribution in [2.45, 2.75) is 19.5 Å². The van der Waals surface area contributed by atoms with Gasteiger partial charge in [0.2, 0.25) is 0 Å². The molecule has 0 radical (unpaired) electrons. The number of hydrogen-bond donors (Lipinski definition) is 1. The normalized spacial score (nSPS) is 11.9. The van der Waals surface area contributed by atoms with Gasteiger partial charge in [-0.05, 0) is 42.1 Å². The lowest BCUT2D eigenvalue weighted by molar-refractivity contribution is 0.414. The lowest BCUT2D eigenvalue weighted by Crippen LogP contribution is -2.11. The summed E-state index contributed by atoms with van der Waals surface area (Å²) in [4.78, 5) is 17.9. The van der Waals surface area contributed by atoms with E-state index in [1.807, 2.05) is 54.0 Å². The van der Waals surface area contributed by atoms with Gasteiger partial charge in [-0.3, -0.25) is 0 Å². The molecule has 1 unspecified atom stereocenters. The Morgan fingerprint density at radius 2 is 1.97 bits per heavy atom. The molecule has 5 aromatic rings. The van der Waals surface area contributed by atoms with E-state index in [2.05, 4.69) is 31.3 Å². The van der Waals surface area contributed by atoms with Gasteiger partial charge >= 0.3 is 0 Å². The number of imidazole rings is 1. The summed E-state index contributed by atoms with van der Waals surface area (Å²) in [6, 6.07) is 17.3. The van der Waals surface area contributed by atoms with Crippen LogP contribution in [0.5, 0.6) is 5.75 Å². The van der Waals surface area contributed by atoms with Gasteiger partial charge in [-0.1, -0.05) is 35.9 Å². The van der Waals surface area contributed by atoms with Crippen molar-refractivity contribution in [1.29, 1.82) is 5.26 Å². The minimum absolute atomic E-state index is 0.236. The Kier molecular flexibility index (Phi) is 5.70. The molecule has 3 heterocycles. The van der Waals surface area contributed by atoms with Crippen molar-refractivity contribution in [3.63, 3.8) is 0 Å². The van der Waals surface area contributed by atoms with E-state index in [1.165, 1.54) is 6.33 Å². The Labute approximate surface area is 200 Å². The van der Waals surface area contributed by atoms with E-state index in [9.17, 15) is 5.26 Å². The second-order valence-electron chi connectivity index (χ2n) is 7.83. The van der Waals surface area contributed by atoms with Gasteiger partial charge in [0, 0.05) is 5.39 Å². The highest BCUT2D eigenvalue weighted by Gasteiger charge is 2.17. The summed E-state index contributed by atoms with van der Waals surface area (Å²) in [6.45, 7) is 2.58. The first-order valence-corrected chi connectivity index (χ1v) is 11.0. The maximum atomic E-state index is 9.62. The highest BCUT2D eigenvalue weighted by atomic mass is 35.5. The van der Waals surface area contributed by atoms with Gasteiger partial charge in [-0.15, -0.1) is 0 Å². The fourth-order valence-corrected chi connectivity index (χ4v) is 4.17. The minimum Gasteiger partial charge on any atom is -0.497 e. The monoisotopic (exact) mass is 469 g/mol. The van der Waals surface area contributed by atoms with Crippen molar-refractivity contribution in [3.8, 4) is 11.8 Å². The number of nitriles is 1. The fourth-order valence-electron chi connectivity index (χ4n) is 3.90. The Morgan fingerprint density at radius 1 is 1.15 bits per heavy atom. The van der Waals surface area contributed by atoms with Crippen LogP contribution >= 0.6 is 11.6 Å². The van der Waals surface area contributed by atoms with E-state index in [1.54, 1.807) is 19.5 Å². The maximum Gasteiger partial charge on any atom is 0.165 e. The van der Waals surface area contributed by atoms with Crippen molar-refractivity contribution < 1.29 is 4.74 Å². The molecule has 2 aromatic carbocycles. The zero-order chi connectivity index (χ0) is 23.7. The molecule has 1 N–H and O–H groups in total. The van der Waals surface area contributed by atoms with Crippen molar-refractivity contribution >= 4 is 39.4 Å². The molecule has 34 heavy (non-hydrogen) atoms. The van der Waals surface area contributed by atoms with Crippen LogP contribution in [-0.4, -0.2) is 31.6 Å². The molecule has 9 heteroatoms. The van der Waals surface area contributed by atoms with Crippen LogP contribution in [0.2, 0.25) is 5.02 Å². The molecule has 0 aliphatic rings. The van der Waals surface area contributed by atoms with Crippen LogP contribution in [0, 0.1) is 11.3 Å². The highest BCUT2D eigenvalue weighted by Crippen LogP contribution is 2.29. The standard InChI is InChI=1S/C25H20ClN7O/c1-15(20-10-17-4-3-5-19(26)22(17)21(11-27)32-20)31-24-23-25(29-13-28-24)33(14-30-23)12-16-6-8-18(34-2)9-7-16/h3-10,13-15H,12H2,1-2H3,(H,28,29,31). The zero-order valence-corrected chi connectivity index (χ0v) is 19.3. The van der Waals surface area contributed by atoms with Crippen LogP contribution in [0.1, 0.15) is 29.9 Å². The summed E-state index contributed by atoms with van der Waals surface area (Å²) < 4.78 is 7.20. The Balaban J connectivity index is 1.44. The first-order chi connectivity index (χ1) is 16.6. The maximum absolute atomic E-state index is 9.62. The summed E-state index contributed by atoms with van der Waals surface area (Å²) in [5, 5.41) is 15.0. The number of ether oxygens (including phenoxy) is 1. The SMILES string of the molecule is COc1ccc(Cn2cnc3c(NC(C)c4cc5cccc(Cl)c5c(C#N)n4)ncnc32)cc1. The summed E-state index contributed by atoms with van der Waals surface area (Å²) in [6.07, 6.45) is 3.27. The summed E-state index contributed by atoms with van der Waals surface area (Å²) in [5.74, 6) is 1.41. The largest absolute Gasteiger partial charge is 0.497 e. The average Bonchev–Trinajstić information content (AvgIpc) is 3.27. The zero-order valence-electron chi connectivity index (χ0n) is 18.5. The van der Waals surface area contributed by atoms with Crippen LogP contribution in [0.25, 0.3) is 21.9 Å². The first-order valence-electron chi connectivity index (χ1n) is 10.6. The third kappa shape index (κ3) is 3.98. The van der Waals surface area contributed by atoms with Gasteiger partial charge in [0.15, 0.2) is 11.5 Å². The van der Waals surface area contributed by atoms with Gasteiger partial charge < -0.3 is 14.6 Å². The van der Waals surface area contributed by atoms with Gasteiger partial charge in [0.1, 0.15) is 29.4 Å². The Hall–Kier alpha value is -4.22. The van der Waals surface area contributed by atoms with Gasteiger partial charge in [0.25, 0.3) is 0 Å². The van der Waals surface area contributed by atoms with Crippen molar-refractivity contribution in [2.24, 2.45) is 0 Å². The number of halogens is 1. The number of rotatable bonds is 6. The van der Waals surface area contributed by atoms with E-state index in [-0.39, 0.29) is 6.04 Å². The lowest BCUT2D eigenvalue weighted by atomic mass is 10.1. The Bertz CT molecular complexity index is 1540. The van der Waals surface area contributed by atoms with E-state index in [0.717, 1.165) is 22.3 Å². The van der Waals surface area contributed by atoms with E-state index < -0.39 is 0 Å². The van der Waals surface area contributed by atoms with Crippen LogP contribution < -0.4 is 10.1 Å². The van der Waals surface area contributed by atoms with Crippen molar-refractivity contribution in [3.05, 3.63) is 83.2 Å². The molecular weight excluding hydrogens is 450 g/mol. The van der Waals surface area contributed by atoms with E-state index in [4.69, 9.17) is 16.3 Å². The molecule has 3 aromatic heterocycles. The number of nitrogens with zero attached hydrogens (tertiary/aromatic N) is 6. The van der Waals surface area contributed by atoms with E-state index in [0.29, 0.717) is 39.7 Å². The molecule has 0 saturated carbocycles. The molecule has 0 amide bonds. The molecule has 0 spiro atoms. The summed E-state index contributed by atoms with van der Waals surface area (Å²) >= 11 is 6.30. The molecule has 5 rings (SSSR count). The van der Waals surface area contributed by atoms with Crippen LogP contribution in [0.4, 0.5) is 5.82 Å². The second kappa shape index (κ2) is 8.96. The fraction of sp³-hybridized carbons (Fsp3) is 0.160. The molecule has 8 nitrogen and oxygen atoms in total. The van der Waals surface area contributed by atoms with Crippen LogP contribution in [-0.2, 0) is 6.54 Å². The number of benzene rings is 2. The smallest absolute Gasteiger partial charge is 0.165 e. The van der Waals surface area contributed by atoms with Crippen LogP contribution in [0.3, 0.4) is 0 Å². The Morgan fingerprint density at radius 3 is 2.74 bits per heavy atom. The van der Waals surface area contributed by atoms with Crippen molar-refractivity contribution in [2.75, 3.05) is 12.4 Å².